The molecule has 0 unspecified atom stereocenters. The Balaban J connectivity index is 1.55. The van der Waals surface area contributed by atoms with Gasteiger partial charge in [0.05, 0.1) is 27.0 Å². The zero-order valence-corrected chi connectivity index (χ0v) is 19.7. The Morgan fingerprint density at radius 2 is 2.03 bits per heavy atom. The molecule has 0 aliphatic carbocycles. The zero-order chi connectivity index (χ0) is 21.7. The summed E-state index contributed by atoms with van der Waals surface area (Å²) in [6.45, 7) is 8.66. The van der Waals surface area contributed by atoms with Crippen molar-refractivity contribution >= 4 is 44.2 Å². The molecule has 0 bridgehead atoms. The highest BCUT2D eigenvalue weighted by Gasteiger charge is 2.36. The maximum Gasteiger partial charge on any atom is 0.274 e. The molecule has 0 radical (unpaired) electrons. The second-order valence-corrected chi connectivity index (χ2v) is 10.0. The number of benzene rings is 2. The SMILES string of the molecule is C=C1C[C@@H](c2nc3c(C)cccc3[nH]2)N(C(=O)c2nc(C)sc2-c2cccc(Br)c2)C1. The number of H-pyrrole nitrogens is 1. The molecule has 2 aromatic carbocycles. The van der Waals surface area contributed by atoms with Crippen LogP contribution >= 0.6 is 27.3 Å². The first-order valence-electron chi connectivity index (χ1n) is 10.1. The van der Waals surface area contributed by atoms with Gasteiger partial charge in [0.25, 0.3) is 5.91 Å². The molecule has 1 aliphatic heterocycles. The minimum Gasteiger partial charge on any atom is -0.340 e. The van der Waals surface area contributed by atoms with Crippen LogP contribution in [-0.4, -0.2) is 32.3 Å². The van der Waals surface area contributed by atoms with Crippen LogP contribution in [0.1, 0.15) is 39.3 Å². The lowest BCUT2D eigenvalue weighted by Crippen LogP contribution is -2.31. The number of hydrogen-bond acceptors (Lipinski definition) is 4. The van der Waals surface area contributed by atoms with Gasteiger partial charge in [0, 0.05) is 11.0 Å². The predicted molar refractivity (Wildman–Crippen MR) is 128 cm³/mol. The van der Waals surface area contributed by atoms with Crippen LogP contribution in [0.5, 0.6) is 0 Å². The molecule has 5 nitrogen and oxygen atoms in total. The standard InChI is InChI=1S/C24H21BrN4OS/c1-13-10-19(23-27-18-9-4-6-14(2)20(18)28-23)29(12-13)24(30)21-22(31-15(3)26-21)16-7-5-8-17(25)11-16/h4-9,11,19H,1,10,12H2,2-3H3,(H,27,28)/t19-/m0/s1. The number of rotatable bonds is 3. The second-order valence-electron chi connectivity index (χ2n) is 7.92. The van der Waals surface area contributed by atoms with Crippen LogP contribution < -0.4 is 0 Å². The topological polar surface area (TPSA) is 61.9 Å². The monoisotopic (exact) mass is 492 g/mol. The van der Waals surface area contributed by atoms with Gasteiger partial charge in [0.1, 0.15) is 11.5 Å². The quantitative estimate of drug-likeness (QED) is 0.345. The third-order valence-electron chi connectivity index (χ3n) is 5.58. The van der Waals surface area contributed by atoms with Gasteiger partial charge >= 0.3 is 0 Å². The molecule has 156 valence electrons. The summed E-state index contributed by atoms with van der Waals surface area (Å²) in [4.78, 5) is 29.4. The van der Waals surface area contributed by atoms with Crippen LogP contribution in [-0.2, 0) is 0 Å². The van der Waals surface area contributed by atoms with E-state index in [1.165, 1.54) is 0 Å². The number of likely N-dealkylation sites (tertiary alicyclic amines) is 1. The summed E-state index contributed by atoms with van der Waals surface area (Å²) >= 11 is 5.07. The molecule has 1 saturated heterocycles. The number of hydrogen-bond donors (Lipinski definition) is 1. The number of aromatic amines is 1. The number of para-hydroxylation sites is 1. The van der Waals surface area contributed by atoms with E-state index in [0.717, 1.165) is 47.9 Å². The van der Waals surface area contributed by atoms with E-state index in [4.69, 9.17) is 4.98 Å². The van der Waals surface area contributed by atoms with Crippen molar-refractivity contribution < 1.29 is 4.79 Å². The Hall–Kier alpha value is -2.77. The normalized spacial score (nSPS) is 16.4. The molecule has 31 heavy (non-hydrogen) atoms. The van der Waals surface area contributed by atoms with Crippen LogP contribution in [0.4, 0.5) is 0 Å². The maximum atomic E-state index is 13.7. The number of amides is 1. The number of aromatic nitrogens is 3. The molecule has 1 amide bonds. The molecule has 2 aromatic heterocycles. The average Bonchev–Trinajstić information content (AvgIpc) is 3.44. The number of carbonyl (C=O) groups excluding carboxylic acids is 1. The van der Waals surface area contributed by atoms with Crippen molar-refractivity contribution in [3.8, 4) is 10.4 Å². The molecule has 7 heteroatoms. The lowest BCUT2D eigenvalue weighted by atomic mass is 10.1. The van der Waals surface area contributed by atoms with Crippen LogP contribution in [0.3, 0.4) is 0 Å². The van der Waals surface area contributed by atoms with Gasteiger partial charge in [-0.05, 0) is 49.6 Å². The predicted octanol–water partition coefficient (Wildman–Crippen LogP) is 6.21. The first-order chi connectivity index (χ1) is 14.9. The fraction of sp³-hybridized carbons (Fsp3) is 0.208. The highest BCUT2D eigenvalue weighted by atomic mass is 79.9. The minimum absolute atomic E-state index is 0.0832. The fourth-order valence-corrected chi connectivity index (χ4v) is 5.45. The van der Waals surface area contributed by atoms with E-state index in [-0.39, 0.29) is 11.9 Å². The van der Waals surface area contributed by atoms with Gasteiger partial charge in [0.2, 0.25) is 0 Å². The van der Waals surface area contributed by atoms with E-state index in [1.807, 2.05) is 61.2 Å². The Morgan fingerprint density at radius 3 is 2.81 bits per heavy atom. The number of thiazole rings is 1. The summed E-state index contributed by atoms with van der Waals surface area (Å²) in [5, 5.41) is 0.868. The fourth-order valence-electron chi connectivity index (χ4n) is 4.14. The van der Waals surface area contributed by atoms with Gasteiger partial charge in [-0.15, -0.1) is 11.3 Å². The number of nitrogens with zero attached hydrogens (tertiary/aromatic N) is 3. The summed E-state index contributed by atoms with van der Waals surface area (Å²) in [5.41, 5.74) is 5.54. The van der Waals surface area contributed by atoms with Crippen molar-refractivity contribution in [3.05, 3.63) is 81.2 Å². The lowest BCUT2D eigenvalue weighted by Gasteiger charge is -2.22. The van der Waals surface area contributed by atoms with Crippen molar-refractivity contribution in [2.75, 3.05) is 6.54 Å². The Labute approximate surface area is 193 Å². The van der Waals surface area contributed by atoms with Crippen LogP contribution in [0.2, 0.25) is 0 Å². The van der Waals surface area contributed by atoms with Gasteiger partial charge in [-0.1, -0.05) is 52.3 Å². The third-order valence-corrected chi connectivity index (χ3v) is 7.10. The minimum atomic E-state index is -0.177. The number of carbonyl (C=O) groups is 1. The van der Waals surface area contributed by atoms with Gasteiger partial charge in [-0.25, -0.2) is 9.97 Å². The second kappa shape index (κ2) is 7.73. The van der Waals surface area contributed by atoms with E-state index in [0.29, 0.717) is 18.7 Å². The molecular weight excluding hydrogens is 472 g/mol. The molecule has 1 aliphatic rings. The van der Waals surface area contributed by atoms with Crippen LogP contribution in [0.15, 0.2) is 59.1 Å². The van der Waals surface area contributed by atoms with Gasteiger partial charge in [0.15, 0.2) is 0 Å². The number of aryl methyl sites for hydroxylation is 2. The van der Waals surface area contributed by atoms with Crippen molar-refractivity contribution in [2.45, 2.75) is 26.3 Å². The molecule has 0 saturated carbocycles. The molecule has 5 rings (SSSR count). The van der Waals surface area contributed by atoms with Gasteiger partial charge in [-0.3, -0.25) is 4.79 Å². The average molecular weight is 493 g/mol. The molecule has 1 fully saturated rings. The Bertz CT molecular complexity index is 1340. The molecule has 1 N–H and O–H groups in total. The molecule has 3 heterocycles. The first-order valence-corrected chi connectivity index (χ1v) is 11.7. The first kappa shape index (κ1) is 20.2. The zero-order valence-electron chi connectivity index (χ0n) is 17.3. The molecular formula is C24H21BrN4OS. The largest absolute Gasteiger partial charge is 0.340 e. The Morgan fingerprint density at radius 1 is 1.23 bits per heavy atom. The Kier molecular flexibility index (Phi) is 5.02. The summed E-state index contributed by atoms with van der Waals surface area (Å²) in [6.07, 6.45) is 0.694. The molecule has 4 aromatic rings. The summed E-state index contributed by atoms with van der Waals surface area (Å²) in [6, 6.07) is 13.9. The molecule has 1 atom stereocenters. The number of halogens is 1. The lowest BCUT2D eigenvalue weighted by molar-refractivity contribution is 0.0728. The van der Waals surface area contributed by atoms with Gasteiger partial charge in [-0.2, -0.15) is 0 Å². The van der Waals surface area contributed by atoms with E-state index in [9.17, 15) is 4.79 Å². The van der Waals surface area contributed by atoms with E-state index >= 15 is 0 Å². The summed E-state index contributed by atoms with van der Waals surface area (Å²) in [5.74, 6) is 0.715. The van der Waals surface area contributed by atoms with E-state index in [2.05, 4.69) is 32.5 Å². The van der Waals surface area contributed by atoms with E-state index in [1.54, 1.807) is 11.3 Å². The number of nitrogens with one attached hydrogen (secondary N) is 1. The third kappa shape index (κ3) is 3.62. The summed E-state index contributed by atoms with van der Waals surface area (Å²) in [7, 11) is 0. The van der Waals surface area contributed by atoms with Crippen LogP contribution in [0, 0.1) is 13.8 Å². The maximum absolute atomic E-state index is 13.7. The van der Waals surface area contributed by atoms with Crippen molar-refractivity contribution in [3.63, 3.8) is 0 Å². The number of imidazole rings is 1. The number of fused-ring (bicyclic) bond motifs is 1. The molecule has 0 spiro atoms. The van der Waals surface area contributed by atoms with E-state index < -0.39 is 0 Å². The van der Waals surface area contributed by atoms with Crippen molar-refractivity contribution in [2.24, 2.45) is 0 Å². The highest BCUT2D eigenvalue weighted by Crippen LogP contribution is 2.38. The smallest absolute Gasteiger partial charge is 0.274 e. The van der Waals surface area contributed by atoms with Crippen molar-refractivity contribution in [1.82, 2.24) is 19.9 Å². The van der Waals surface area contributed by atoms with Crippen LogP contribution in [0.25, 0.3) is 21.5 Å². The summed E-state index contributed by atoms with van der Waals surface area (Å²) < 4.78 is 0.972. The van der Waals surface area contributed by atoms with Gasteiger partial charge < -0.3 is 9.88 Å². The van der Waals surface area contributed by atoms with Crippen molar-refractivity contribution in [1.29, 1.82) is 0 Å². The highest BCUT2D eigenvalue weighted by molar-refractivity contribution is 9.10.